The van der Waals surface area contributed by atoms with Crippen molar-refractivity contribution < 1.29 is 43.3 Å². The Kier molecular flexibility index (Phi) is 182. The van der Waals surface area contributed by atoms with Crippen molar-refractivity contribution in [3.05, 3.63) is 38.8 Å². The van der Waals surface area contributed by atoms with Gasteiger partial charge in [0.15, 0.2) is 0 Å². The van der Waals surface area contributed by atoms with Crippen molar-refractivity contribution in [2.45, 2.75) is 41.5 Å². The molecular formula is C20H52N7Ta2-7. The molecule has 0 N–H and O–H groups in total. The van der Waals surface area contributed by atoms with E-state index in [-0.39, 0.29) is 22.4 Å². The maximum Gasteiger partial charge on any atom is 0 e. The van der Waals surface area contributed by atoms with Crippen molar-refractivity contribution in [3.63, 3.8) is 0 Å². The van der Waals surface area contributed by atoms with Crippen LogP contribution < -0.4 is 0 Å². The SMILES string of the molecule is CC[N-]CC.CC[N-]CC.CC[N-]CC.C[N-]C.C[N-]C.C[N-]C.[CH2-]C[N]=[Ta].[Ta]. The molecule has 0 aromatic heterocycles. The number of nitrogens with zero attached hydrogens (tertiary/aromatic N) is 7. The average molecular weight is 753 g/mol. The summed E-state index contributed by atoms with van der Waals surface area (Å²) in [6.07, 6.45) is 0. The van der Waals surface area contributed by atoms with E-state index < -0.39 is 0 Å². The van der Waals surface area contributed by atoms with Crippen LogP contribution in [0.4, 0.5) is 0 Å². The first-order valence-corrected chi connectivity index (χ1v) is 11.3. The van der Waals surface area contributed by atoms with Gasteiger partial charge in [-0.3, -0.25) is 0 Å². The van der Waals surface area contributed by atoms with Crippen LogP contribution in [0.2, 0.25) is 0 Å². The Morgan fingerprint density at radius 1 is 0.552 bits per heavy atom. The molecule has 0 aliphatic rings. The standard InChI is InChI=1S/3C4H10N.3C2H6N.C2H4N.2Ta/c3*1-3-5-4-2;3*1-3-2;1-2-3;;/h3*3-4H2,1-2H3;3*1-2H3;1-2H2;;/q7*-1;;. The minimum atomic E-state index is 0. The number of hydrogen-bond donors (Lipinski definition) is 0. The molecule has 0 heterocycles. The molecule has 0 fully saturated rings. The third-order valence-corrected chi connectivity index (χ3v) is 2.16. The molecule has 0 bridgehead atoms. The molecule has 0 atom stereocenters. The van der Waals surface area contributed by atoms with Gasteiger partial charge in [-0.2, -0.15) is 81.6 Å². The van der Waals surface area contributed by atoms with Crippen molar-refractivity contribution >= 4 is 0 Å². The van der Waals surface area contributed by atoms with E-state index in [4.69, 9.17) is 0 Å². The molecule has 0 saturated heterocycles. The molecule has 184 valence electrons. The summed E-state index contributed by atoms with van der Waals surface area (Å²) in [5.41, 5.74) is 0. The van der Waals surface area contributed by atoms with Gasteiger partial charge >= 0.3 is 37.7 Å². The summed E-state index contributed by atoms with van der Waals surface area (Å²) in [6, 6.07) is 0. The van der Waals surface area contributed by atoms with E-state index in [1.165, 1.54) is 0 Å². The molecule has 0 spiro atoms. The Bertz CT molecular complexity index is 134. The van der Waals surface area contributed by atoms with E-state index in [0.717, 1.165) is 66.7 Å². The quantitative estimate of drug-likeness (QED) is 0.262. The normalized spacial score (nSPS) is 7.03. The van der Waals surface area contributed by atoms with E-state index in [1.807, 2.05) is 41.5 Å². The zero-order valence-corrected chi connectivity index (χ0v) is 28.1. The zero-order valence-electron chi connectivity index (χ0n) is 21.7. The monoisotopic (exact) mass is 752 g/mol. The Hall–Kier alpha value is 1.04. The van der Waals surface area contributed by atoms with Crippen LogP contribution in [-0.2, 0) is 43.3 Å². The summed E-state index contributed by atoms with van der Waals surface area (Å²) in [6.45, 7) is 22.3. The van der Waals surface area contributed by atoms with Gasteiger partial charge in [0.25, 0.3) is 0 Å². The molecule has 7 nitrogen and oxygen atoms in total. The van der Waals surface area contributed by atoms with Crippen LogP contribution in [0.15, 0.2) is 3.34 Å². The maximum atomic E-state index is 3.97. The fourth-order valence-corrected chi connectivity index (χ4v) is 0.671. The van der Waals surface area contributed by atoms with Gasteiger partial charge in [-0.05, 0) is 0 Å². The van der Waals surface area contributed by atoms with Gasteiger partial charge in [-0.1, -0.05) is 41.5 Å². The fourth-order valence-electron chi connectivity index (χ4n) is 0.671. The maximum absolute atomic E-state index is 3.97. The van der Waals surface area contributed by atoms with Gasteiger partial charge < -0.3 is 31.9 Å². The van der Waals surface area contributed by atoms with E-state index in [2.05, 4.69) is 42.2 Å². The van der Waals surface area contributed by atoms with Crippen LogP contribution in [0.25, 0.3) is 31.9 Å². The predicted molar refractivity (Wildman–Crippen MR) is 132 cm³/mol. The molecule has 0 rings (SSSR count). The first-order valence-electron chi connectivity index (χ1n) is 9.84. The second-order valence-corrected chi connectivity index (χ2v) is 5.29. The molecule has 0 aromatic carbocycles. The smallest absolute Gasteiger partial charge is 0 e. The van der Waals surface area contributed by atoms with Crippen molar-refractivity contribution in [3.8, 4) is 0 Å². The molecule has 9 heteroatoms. The Labute approximate surface area is 214 Å². The third kappa shape index (κ3) is 328. The first-order chi connectivity index (χ1) is 13.4. The summed E-state index contributed by atoms with van der Waals surface area (Å²) in [5, 5.41) is 22.4. The Morgan fingerprint density at radius 2 is 0.655 bits per heavy atom. The molecular weight excluding hydrogens is 700 g/mol. The van der Waals surface area contributed by atoms with Crippen LogP contribution in [-0.4, -0.2) is 88.1 Å². The van der Waals surface area contributed by atoms with Gasteiger partial charge in [0.1, 0.15) is 0 Å². The number of hydrogen-bond acceptors (Lipinski definition) is 1. The van der Waals surface area contributed by atoms with Gasteiger partial charge in [0.2, 0.25) is 0 Å². The van der Waals surface area contributed by atoms with Gasteiger partial charge in [-0.15, -0.1) is 0 Å². The summed E-state index contributed by atoms with van der Waals surface area (Å²) in [4.78, 5) is 0. The molecule has 0 aliphatic heterocycles. The molecule has 0 aliphatic carbocycles. The first kappa shape index (κ1) is 52.2. The summed E-state index contributed by atoms with van der Waals surface area (Å²) in [7, 11) is 10.5. The van der Waals surface area contributed by atoms with Crippen molar-refractivity contribution in [1.29, 1.82) is 0 Å². The van der Waals surface area contributed by atoms with Crippen LogP contribution in [0.1, 0.15) is 41.5 Å². The molecule has 29 heavy (non-hydrogen) atoms. The van der Waals surface area contributed by atoms with Crippen LogP contribution >= 0.6 is 0 Å². The van der Waals surface area contributed by atoms with E-state index in [9.17, 15) is 0 Å². The summed E-state index contributed by atoms with van der Waals surface area (Å²) in [5.74, 6) is 0. The van der Waals surface area contributed by atoms with E-state index in [1.54, 1.807) is 42.3 Å². The minimum absolute atomic E-state index is 0. The zero-order chi connectivity index (χ0) is 23.9. The van der Waals surface area contributed by atoms with Gasteiger partial charge in [0.05, 0.1) is 0 Å². The topological polar surface area (TPSA) is 97.0 Å². The molecule has 0 unspecified atom stereocenters. The van der Waals surface area contributed by atoms with Gasteiger partial charge in [0, 0.05) is 22.4 Å². The van der Waals surface area contributed by atoms with Crippen molar-refractivity contribution in [2.75, 3.05) is 88.1 Å². The van der Waals surface area contributed by atoms with Crippen LogP contribution in [0, 0.1) is 6.92 Å². The third-order valence-electron chi connectivity index (χ3n) is 1.44. The summed E-state index contributed by atoms with van der Waals surface area (Å²) >= 11 is 1.11. The Balaban J connectivity index is -0.0000000298. The molecule has 0 saturated carbocycles. The number of rotatable bonds is 7. The van der Waals surface area contributed by atoms with Crippen LogP contribution in [0.5, 0.6) is 0 Å². The van der Waals surface area contributed by atoms with Crippen molar-refractivity contribution in [1.82, 2.24) is 0 Å². The predicted octanol–water partition coefficient (Wildman–Crippen LogP) is 6.61. The Morgan fingerprint density at radius 3 is 0.655 bits per heavy atom. The van der Waals surface area contributed by atoms with Crippen LogP contribution in [0.3, 0.4) is 0 Å². The molecule has 1 radical (unpaired) electrons. The van der Waals surface area contributed by atoms with Crippen molar-refractivity contribution in [2.24, 2.45) is 3.34 Å². The van der Waals surface area contributed by atoms with E-state index in [0.29, 0.717) is 0 Å². The fraction of sp³-hybridized carbons (Fsp3) is 0.950. The average Bonchev–Trinajstić information content (AvgIpc) is 2.67. The molecule has 0 amide bonds. The largest absolute Gasteiger partial charge is 0 e. The molecule has 0 aromatic rings. The van der Waals surface area contributed by atoms with Gasteiger partial charge in [-0.25, -0.2) is 0 Å². The minimum Gasteiger partial charge on any atom is 0 e. The second kappa shape index (κ2) is 101. The second-order valence-electron chi connectivity index (χ2n) is 4.27. The van der Waals surface area contributed by atoms with E-state index >= 15 is 0 Å². The summed E-state index contributed by atoms with van der Waals surface area (Å²) < 4.78 is 3.74.